The van der Waals surface area contributed by atoms with Crippen molar-refractivity contribution in [3.05, 3.63) is 46.0 Å². The van der Waals surface area contributed by atoms with Crippen molar-refractivity contribution in [2.24, 2.45) is 0 Å². The number of fused-ring (bicyclic) bond motifs is 1. The Balaban J connectivity index is 2.87. The third-order valence-corrected chi connectivity index (χ3v) is 1.86. The molecule has 2 nitrogen and oxygen atoms in total. The summed E-state index contributed by atoms with van der Waals surface area (Å²) >= 11 is 5.74. The first kappa shape index (κ1) is 7.37. The summed E-state index contributed by atoms with van der Waals surface area (Å²) in [6.07, 6.45) is 1.41. The van der Waals surface area contributed by atoms with Crippen LogP contribution in [-0.4, -0.2) is 0 Å². The van der Waals surface area contributed by atoms with Crippen LogP contribution in [0.3, 0.4) is 0 Å². The molecule has 0 saturated carbocycles. The van der Waals surface area contributed by atoms with Crippen LogP contribution >= 0.6 is 11.6 Å². The van der Waals surface area contributed by atoms with Crippen molar-refractivity contribution < 1.29 is 4.42 Å². The molecule has 0 aliphatic rings. The van der Waals surface area contributed by atoms with E-state index < -0.39 is 0 Å². The molecular weight excluding hydrogens is 176 g/mol. The highest BCUT2D eigenvalue weighted by atomic mass is 35.5. The van der Waals surface area contributed by atoms with Crippen molar-refractivity contribution in [2.75, 3.05) is 0 Å². The van der Waals surface area contributed by atoms with Gasteiger partial charge in [-0.2, -0.15) is 0 Å². The standard InChI is InChI=1S/C9H5ClO2/c10-8-2-1-6-4-9(11)12-5-7(6)3-8/h1-5H. The monoisotopic (exact) mass is 180 g/mol. The molecule has 2 aromatic rings. The van der Waals surface area contributed by atoms with Crippen molar-refractivity contribution in [1.82, 2.24) is 0 Å². The molecule has 0 unspecified atom stereocenters. The smallest absolute Gasteiger partial charge is 0.336 e. The molecule has 0 N–H and O–H groups in total. The Morgan fingerprint density at radius 3 is 2.83 bits per heavy atom. The Morgan fingerprint density at radius 2 is 2.00 bits per heavy atom. The van der Waals surface area contributed by atoms with Gasteiger partial charge in [-0.1, -0.05) is 17.7 Å². The van der Waals surface area contributed by atoms with E-state index in [2.05, 4.69) is 4.42 Å². The molecule has 0 bridgehead atoms. The molecule has 12 heavy (non-hydrogen) atoms. The van der Waals surface area contributed by atoms with Gasteiger partial charge in [0.05, 0.1) is 0 Å². The Morgan fingerprint density at radius 1 is 1.17 bits per heavy atom. The van der Waals surface area contributed by atoms with Gasteiger partial charge in [0.1, 0.15) is 6.26 Å². The minimum atomic E-state index is -0.343. The third-order valence-electron chi connectivity index (χ3n) is 1.62. The first-order chi connectivity index (χ1) is 5.75. The maximum atomic E-state index is 10.8. The highest BCUT2D eigenvalue weighted by Crippen LogP contribution is 2.16. The maximum absolute atomic E-state index is 10.8. The van der Waals surface area contributed by atoms with E-state index in [9.17, 15) is 4.79 Å². The van der Waals surface area contributed by atoms with Crippen LogP contribution in [0.25, 0.3) is 10.8 Å². The van der Waals surface area contributed by atoms with E-state index in [4.69, 9.17) is 11.6 Å². The summed E-state index contributed by atoms with van der Waals surface area (Å²) in [5.74, 6) is 0. The molecule has 2 rings (SSSR count). The Hall–Kier alpha value is -1.28. The second-order valence-corrected chi connectivity index (χ2v) is 2.91. The summed E-state index contributed by atoms with van der Waals surface area (Å²) < 4.78 is 4.68. The zero-order chi connectivity index (χ0) is 8.55. The number of halogens is 1. The lowest BCUT2D eigenvalue weighted by molar-refractivity contribution is 0.518. The topological polar surface area (TPSA) is 30.2 Å². The first-order valence-electron chi connectivity index (χ1n) is 3.44. The van der Waals surface area contributed by atoms with E-state index in [1.807, 2.05) is 0 Å². The molecule has 0 radical (unpaired) electrons. The average molecular weight is 181 g/mol. The Labute approximate surface area is 73.4 Å². The summed E-state index contributed by atoms with van der Waals surface area (Å²) in [7, 11) is 0. The van der Waals surface area contributed by atoms with Gasteiger partial charge in [0.15, 0.2) is 0 Å². The van der Waals surface area contributed by atoms with Crippen LogP contribution in [0.2, 0.25) is 5.02 Å². The van der Waals surface area contributed by atoms with Crippen LogP contribution in [0.4, 0.5) is 0 Å². The zero-order valence-corrected chi connectivity index (χ0v) is 6.84. The molecule has 0 aliphatic heterocycles. The van der Waals surface area contributed by atoms with E-state index in [0.717, 1.165) is 10.8 Å². The lowest BCUT2D eigenvalue weighted by Gasteiger charge is -1.94. The number of rotatable bonds is 0. The fourth-order valence-corrected chi connectivity index (χ4v) is 1.24. The van der Waals surface area contributed by atoms with Gasteiger partial charge in [-0.3, -0.25) is 0 Å². The lowest BCUT2D eigenvalue weighted by atomic mass is 10.2. The van der Waals surface area contributed by atoms with Gasteiger partial charge in [-0.15, -0.1) is 0 Å². The summed E-state index contributed by atoms with van der Waals surface area (Å²) in [5.41, 5.74) is -0.343. The van der Waals surface area contributed by atoms with Crippen molar-refractivity contribution in [2.45, 2.75) is 0 Å². The van der Waals surface area contributed by atoms with Crippen LogP contribution in [0.5, 0.6) is 0 Å². The lowest BCUT2D eigenvalue weighted by Crippen LogP contribution is -1.93. The second kappa shape index (κ2) is 2.64. The average Bonchev–Trinajstić information content (AvgIpc) is 2.05. The highest BCUT2D eigenvalue weighted by Gasteiger charge is 1.95. The normalized spacial score (nSPS) is 10.4. The van der Waals surface area contributed by atoms with E-state index in [1.54, 1.807) is 18.2 Å². The minimum Gasteiger partial charge on any atom is -0.431 e. The van der Waals surface area contributed by atoms with Gasteiger partial charge in [-0.05, 0) is 17.5 Å². The van der Waals surface area contributed by atoms with Gasteiger partial charge in [0.2, 0.25) is 0 Å². The van der Waals surface area contributed by atoms with Crippen molar-refractivity contribution in [1.29, 1.82) is 0 Å². The fourth-order valence-electron chi connectivity index (χ4n) is 1.06. The molecule has 0 amide bonds. The van der Waals surface area contributed by atoms with Crippen molar-refractivity contribution >= 4 is 22.4 Å². The van der Waals surface area contributed by atoms with Crippen LogP contribution in [0.15, 0.2) is 39.7 Å². The van der Waals surface area contributed by atoms with E-state index >= 15 is 0 Å². The van der Waals surface area contributed by atoms with Crippen LogP contribution < -0.4 is 5.63 Å². The molecule has 0 saturated heterocycles. The largest absolute Gasteiger partial charge is 0.431 e. The highest BCUT2D eigenvalue weighted by molar-refractivity contribution is 6.31. The predicted molar refractivity (Wildman–Crippen MR) is 47.5 cm³/mol. The number of hydrogen-bond donors (Lipinski definition) is 0. The zero-order valence-electron chi connectivity index (χ0n) is 6.08. The molecule has 1 heterocycles. The molecule has 0 spiro atoms. The number of benzene rings is 1. The SMILES string of the molecule is O=c1cc2ccc(Cl)cc2co1. The Kier molecular flexibility index (Phi) is 1.62. The first-order valence-corrected chi connectivity index (χ1v) is 3.81. The molecule has 3 heteroatoms. The minimum absolute atomic E-state index is 0.343. The van der Waals surface area contributed by atoms with Gasteiger partial charge in [0.25, 0.3) is 0 Å². The molecule has 0 fully saturated rings. The van der Waals surface area contributed by atoms with Crippen molar-refractivity contribution in [3.63, 3.8) is 0 Å². The molecule has 60 valence electrons. The molecular formula is C9H5ClO2. The van der Waals surface area contributed by atoms with Gasteiger partial charge >= 0.3 is 5.63 Å². The van der Waals surface area contributed by atoms with Crippen LogP contribution in [0.1, 0.15) is 0 Å². The predicted octanol–water partition coefficient (Wildman–Crippen LogP) is 2.45. The van der Waals surface area contributed by atoms with E-state index in [1.165, 1.54) is 12.3 Å². The van der Waals surface area contributed by atoms with Gasteiger partial charge < -0.3 is 4.42 Å². The number of hydrogen-bond acceptors (Lipinski definition) is 2. The van der Waals surface area contributed by atoms with Crippen LogP contribution in [0, 0.1) is 0 Å². The Bertz CT molecular complexity index is 473. The molecule has 0 atom stereocenters. The summed E-state index contributed by atoms with van der Waals surface area (Å²) in [6.45, 7) is 0. The summed E-state index contributed by atoms with van der Waals surface area (Å²) in [4.78, 5) is 10.8. The van der Waals surface area contributed by atoms with Crippen molar-refractivity contribution in [3.8, 4) is 0 Å². The molecule has 1 aromatic carbocycles. The fraction of sp³-hybridized carbons (Fsp3) is 0. The van der Waals surface area contributed by atoms with E-state index in [0.29, 0.717) is 5.02 Å². The van der Waals surface area contributed by atoms with Crippen LogP contribution in [-0.2, 0) is 0 Å². The van der Waals surface area contributed by atoms with Gasteiger partial charge in [-0.25, -0.2) is 4.79 Å². The van der Waals surface area contributed by atoms with Gasteiger partial charge in [0, 0.05) is 16.5 Å². The maximum Gasteiger partial charge on any atom is 0.336 e. The quantitative estimate of drug-likeness (QED) is 0.624. The second-order valence-electron chi connectivity index (χ2n) is 2.47. The molecule has 0 aliphatic carbocycles. The summed E-state index contributed by atoms with van der Waals surface area (Å²) in [5, 5.41) is 2.31. The summed E-state index contributed by atoms with van der Waals surface area (Å²) in [6, 6.07) is 6.71. The third kappa shape index (κ3) is 1.21. The molecule has 1 aromatic heterocycles. The van der Waals surface area contributed by atoms with E-state index in [-0.39, 0.29) is 5.63 Å².